The number of hydrogen-bond donors (Lipinski definition) is 0. The van der Waals surface area contributed by atoms with Gasteiger partial charge in [0.25, 0.3) is 0 Å². The molecule has 6 nitrogen and oxygen atoms in total. The van der Waals surface area contributed by atoms with Crippen molar-refractivity contribution in [3.8, 4) is 33.3 Å². The highest BCUT2D eigenvalue weighted by molar-refractivity contribution is 7.19. The van der Waals surface area contributed by atoms with E-state index in [1.807, 2.05) is 83.4 Å². The molecule has 0 saturated heterocycles. The van der Waals surface area contributed by atoms with E-state index in [-0.39, 0.29) is 5.92 Å². The van der Waals surface area contributed by atoms with Crippen molar-refractivity contribution in [1.82, 2.24) is 24.8 Å². The molecule has 4 aromatic heterocycles. The predicted molar refractivity (Wildman–Crippen MR) is 176 cm³/mol. The lowest BCUT2D eigenvalue weighted by Gasteiger charge is -2.15. The van der Waals surface area contributed by atoms with E-state index in [0.717, 1.165) is 44.0 Å². The molecule has 0 saturated carbocycles. The summed E-state index contributed by atoms with van der Waals surface area (Å²) in [5, 5.41) is 17.1. The standard InChI is InChI=1S/C35H21Cl2N5OS/c36-26-16-15-23(19-27(26)37)30-17-18-31(43-30)29-20-25(24-13-7-8-14-28(24)38-29)34-41-42-33(39-40-35(42)44-34)32(21-9-3-1-4-10-21)22-11-5-2-6-12-22/h1-20,32H. The monoisotopic (exact) mass is 629 g/mol. The lowest BCUT2D eigenvalue weighted by atomic mass is 9.91. The van der Waals surface area contributed by atoms with Gasteiger partial charge in [-0.3, -0.25) is 0 Å². The summed E-state index contributed by atoms with van der Waals surface area (Å²) in [6, 6.07) is 40.0. The zero-order valence-corrected chi connectivity index (χ0v) is 25.3. The third kappa shape index (κ3) is 4.75. The molecule has 0 aliphatic carbocycles. The number of para-hydroxylation sites is 1. The molecule has 9 heteroatoms. The van der Waals surface area contributed by atoms with Crippen LogP contribution in [0.15, 0.2) is 126 Å². The number of furan rings is 1. The Bertz CT molecular complexity index is 2240. The fourth-order valence-corrected chi connectivity index (χ4v) is 6.64. The topological polar surface area (TPSA) is 69.1 Å². The SMILES string of the molecule is Clc1ccc(-c2ccc(-c3cc(-c4nn5c(C(c6ccccc6)c6ccccc6)nnc5s4)c4ccccc4n3)o2)cc1Cl. The van der Waals surface area contributed by atoms with Gasteiger partial charge < -0.3 is 4.42 Å². The Kier molecular flexibility index (Phi) is 6.71. The minimum absolute atomic E-state index is 0.130. The van der Waals surface area contributed by atoms with Crippen molar-refractivity contribution in [2.75, 3.05) is 0 Å². The lowest BCUT2D eigenvalue weighted by molar-refractivity contribution is 0.595. The fraction of sp³-hybridized carbons (Fsp3) is 0.0286. The largest absolute Gasteiger partial charge is 0.454 e. The number of aromatic nitrogens is 5. The molecule has 0 bridgehead atoms. The first kappa shape index (κ1) is 26.8. The Balaban J connectivity index is 1.25. The summed E-state index contributed by atoms with van der Waals surface area (Å²) >= 11 is 13.9. The number of fused-ring (bicyclic) bond motifs is 2. The fourth-order valence-electron chi connectivity index (χ4n) is 5.46. The van der Waals surface area contributed by atoms with Gasteiger partial charge >= 0.3 is 0 Å². The van der Waals surface area contributed by atoms with Gasteiger partial charge in [-0.15, -0.1) is 10.2 Å². The maximum atomic E-state index is 6.27. The van der Waals surface area contributed by atoms with Crippen LogP contribution in [0.1, 0.15) is 22.9 Å². The molecular formula is C35H21Cl2N5OS. The second kappa shape index (κ2) is 11.0. The molecular weight excluding hydrogens is 609 g/mol. The van der Waals surface area contributed by atoms with E-state index in [4.69, 9.17) is 37.7 Å². The number of hydrogen-bond acceptors (Lipinski definition) is 6. The van der Waals surface area contributed by atoms with E-state index in [1.165, 1.54) is 11.3 Å². The summed E-state index contributed by atoms with van der Waals surface area (Å²) in [7, 11) is 0. The third-order valence-corrected chi connectivity index (χ3v) is 9.22. The highest BCUT2D eigenvalue weighted by Crippen LogP contribution is 2.38. The van der Waals surface area contributed by atoms with E-state index in [0.29, 0.717) is 32.2 Å². The summed E-state index contributed by atoms with van der Waals surface area (Å²) < 4.78 is 8.14. The molecule has 0 unspecified atom stereocenters. The quantitative estimate of drug-likeness (QED) is 0.183. The Morgan fingerprint density at radius 3 is 2.14 bits per heavy atom. The lowest BCUT2D eigenvalue weighted by Crippen LogP contribution is -2.08. The first-order valence-corrected chi connectivity index (χ1v) is 15.5. The van der Waals surface area contributed by atoms with Crippen molar-refractivity contribution >= 4 is 50.4 Å². The highest BCUT2D eigenvalue weighted by atomic mass is 35.5. The summed E-state index contributed by atoms with van der Waals surface area (Å²) in [5.74, 6) is 1.94. The van der Waals surface area contributed by atoms with Crippen LogP contribution in [-0.4, -0.2) is 24.8 Å². The summed E-state index contributed by atoms with van der Waals surface area (Å²) in [6.07, 6.45) is 0. The van der Waals surface area contributed by atoms with Crippen LogP contribution in [-0.2, 0) is 0 Å². The molecule has 0 fully saturated rings. The van der Waals surface area contributed by atoms with Gasteiger partial charge in [0.15, 0.2) is 11.6 Å². The van der Waals surface area contributed by atoms with Crippen LogP contribution in [0.3, 0.4) is 0 Å². The number of pyridine rings is 1. The van der Waals surface area contributed by atoms with Gasteiger partial charge in [-0.2, -0.15) is 9.61 Å². The number of nitrogens with zero attached hydrogens (tertiary/aromatic N) is 5. The normalized spacial score (nSPS) is 11.6. The van der Waals surface area contributed by atoms with Crippen LogP contribution in [0.4, 0.5) is 0 Å². The molecule has 0 spiro atoms. The van der Waals surface area contributed by atoms with Crippen molar-refractivity contribution in [1.29, 1.82) is 0 Å². The Hall–Kier alpha value is -4.82. The summed E-state index contributed by atoms with van der Waals surface area (Å²) in [6.45, 7) is 0. The Morgan fingerprint density at radius 1 is 0.682 bits per heavy atom. The van der Waals surface area contributed by atoms with Crippen LogP contribution >= 0.6 is 34.5 Å². The smallest absolute Gasteiger partial charge is 0.235 e. The summed E-state index contributed by atoms with van der Waals surface area (Å²) in [4.78, 5) is 5.66. The van der Waals surface area contributed by atoms with Gasteiger partial charge in [0.05, 0.1) is 21.5 Å². The van der Waals surface area contributed by atoms with Gasteiger partial charge in [-0.05, 0) is 53.6 Å². The van der Waals surface area contributed by atoms with Gasteiger partial charge in [-0.1, -0.05) is 113 Å². The molecule has 212 valence electrons. The second-order valence-corrected chi connectivity index (χ2v) is 12.0. The first-order chi connectivity index (χ1) is 21.6. The molecule has 4 heterocycles. The number of rotatable bonds is 6. The molecule has 0 aliphatic rings. The third-order valence-electron chi connectivity index (χ3n) is 7.55. The van der Waals surface area contributed by atoms with Crippen molar-refractivity contribution in [2.45, 2.75) is 5.92 Å². The minimum Gasteiger partial charge on any atom is -0.454 e. The molecule has 0 amide bonds. The van der Waals surface area contributed by atoms with E-state index in [1.54, 1.807) is 12.1 Å². The van der Waals surface area contributed by atoms with Gasteiger partial charge in [0.1, 0.15) is 16.5 Å². The Labute approximate surface area is 266 Å². The van der Waals surface area contributed by atoms with Crippen LogP contribution in [0, 0.1) is 0 Å². The zero-order valence-electron chi connectivity index (χ0n) is 22.9. The van der Waals surface area contributed by atoms with Crippen LogP contribution in [0.25, 0.3) is 49.2 Å². The molecule has 0 atom stereocenters. The molecule has 4 aromatic carbocycles. The molecule has 8 rings (SSSR count). The van der Waals surface area contributed by atoms with E-state index in [9.17, 15) is 0 Å². The first-order valence-electron chi connectivity index (χ1n) is 13.9. The highest BCUT2D eigenvalue weighted by Gasteiger charge is 2.25. The average Bonchev–Trinajstić information content (AvgIpc) is 3.81. The second-order valence-electron chi connectivity index (χ2n) is 10.3. The minimum atomic E-state index is -0.130. The number of benzene rings is 4. The zero-order chi connectivity index (χ0) is 29.6. The van der Waals surface area contributed by atoms with Crippen molar-refractivity contribution < 1.29 is 4.42 Å². The molecule has 0 N–H and O–H groups in total. The average molecular weight is 631 g/mol. The van der Waals surface area contributed by atoms with Crippen molar-refractivity contribution in [2.24, 2.45) is 0 Å². The maximum Gasteiger partial charge on any atom is 0.235 e. The Morgan fingerprint density at radius 2 is 1.39 bits per heavy atom. The number of halogens is 2. The maximum absolute atomic E-state index is 6.27. The van der Waals surface area contributed by atoms with Gasteiger partial charge in [0, 0.05) is 16.5 Å². The molecule has 44 heavy (non-hydrogen) atoms. The molecule has 0 aliphatic heterocycles. The van der Waals surface area contributed by atoms with E-state index < -0.39 is 0 Å². The van der Waals surface area contributed by atoms with E-state index >= 15 is 0 Å². The van der Waals surface area contributed by atoms with Crippen LogP contribution in [0.5, 0.6) is 0 Å². The van der Waals surface area contributed by atoms with Crippen LogP contribution in [0.2, 0.25) is 10.0 Å². The van der Waals surface area contributed by atoms with Crippen molar-refractivity contribution in [3.05, 3.63) is 148 Å². The van der Waals surface area contributed by atoms with Gasteiger partial charge in [0.2, 0.25) is 4.96 Å². The summed E-state index contributed by atoms with van der Waals surface area (Å²) in [5.41, 5.74) is 5.55. The molecule has 0 radical (unpaired) electrons. The molecule has 8 aromatic rings. The predicted octanol–water partition coefficient (Wildman–Crippen LogP) is 9.81. The van der Waals surface area contributed by atoms with Gasteiger partial charge in [-0.25, -0.2) is 4.98 Å². The van der Waals surface area contributed by atoms with E-state index in [2.05, 4.69) is 40.5 Å². The van der Waals surface area contributed by atoms with Crippen LogP contribution < -0.4 is 0 Å². The van der Waals surface area contributed by atoms with Crippen molar-refractivity contribution in [3.63, 3.8) is 0 Å².